The largest absolute Gasteiger partial charge is 0.489 e. The van der Waals surface area contributed by atoms with E-state index in [0.29, 0.717) is 54.9 Å². The van der Waals surface area contributed by atoms with Gasteiger partial charge in [0.15, 0.2) is 0 Å². The van der Waals surface area contributed by atoms with Crippen LogP contribution in [0.25, 0.3) is 10.9 Å². The highest BCUT2D eigenvalue weighted by Gasteiger charge is 2.45. The van der Waals surface area contributed by atoms with Crippen LogP contribution in [-0.4, -0.2) is 131 Å². The zero-order valence-corrected chi connectivity index (χ0v) is 34.0. The fourth-order valence-electron chi connectivity index (χ4n) is 11.2. The first-order valence-electron chi connectivity index (χ1n) is 21.6. The summed E-state index contributed by atoms with van der Waals surface area (Å²) in [7, 11) is 0. The third-order valence-corrected chi connectivity index (χ3v) is 14.2. The number of rotatable bonds is 7. The topological polar surface area (TPSA) is 139 Å². The molecule has 318 valence electrons. The maximum absolute atomic E-state index is 13.9. The maximum Gasteiger partial charge on any atom is 0.255 e. The van der Waals surface area contributed by atoms with Gasteiger partial charge in [-0.15, -0.1) is 0 Å². The van der Waals surface area contributed by atoms with Crippen LogP contribution in [-0.2, 0) is 27.3 Å². The molecule has 2 N–H and O–H groups in total. The number of anilines is 2. The molecule has 61 heavy (non-hydrogen) atoms. The number of benzene rings is 2. The van der Waals surface area contributed by atoms with Crippen LogP contribution >= 0.6 is 0 Å². The molecule has 4 aromatic rings. The van der Waals surface area contributed by atoms with Gasteiger partial charge >= 0.3 is 0 Å². The van der Waals surface area contributed by atoms with Crippen molar-refractivity contribution in [3.05, 3.63) is 89.0 Å². The number of nitrogens with one attached hydrogen (secondary N) is 2. The minimum absolute atomic E-state index is 0.167. The molecule has 7 aliphatic heterocycles. The second-order valence-corrected chi connectivity index (χ2v) is 17.9. The maximum atomic E-state index is 13.9. The van der Waals surface area contributed by atoms with Gasteiger partial charge in [0.25, 0.3) is 12.3 Å². The predicted molar refractivity (Wildman–Crippen MR) is 222 cm³/mol. The average Bonchev–Trinajstić information content (AvgIpc) is 3.93. The third kappa shape index (κ3) is 6.69. The fourth-order valence-corrected chi connectivity index (χ4v) is 11.2. The second-order valence-electron chi connectivity index (χ2n) is 17.9. The van der Waals surface area contributed by atoms with Crippen LogP contribution in [0.5, 0.6) is 5.75 Å². The number of allylic oxidation sites excluding steroid dienone is 1. The third-order valence-electron chi connectivity index (χ3n) is 14.2. The number of amides is 3. The Labute approximate surface area is 351 Å². The van der Waals surface area contributed by atoms with E-state index in [0.717, 1.165) is 104 Å². The number of alkyl halides is 2. The quantitative estimate of drug-likeness (QED) is 0.256. The molecular formula is C45H49F2N9O5. The first-order valence-corrected chi connectivity index (χ1v) is 21.6. The normalized spacial score (nSPS) is 26.1. The Bertz CT molecular complexity index is 2430. The van der Waals surface area contributed by atoms with Gasteiger partial charge in [-0.3, -0.25) is 24.6 Å². The lowest BCUT2D eigenvalue weighted by atomic mass is 9.85. The molecule has 3 amide bonds. The van der Waals surface area contributed by atoms with E-state index in [4.69, 9.17) is 19.4 Å². The number of halogens is 2. The zero-order chi connectivity index (χ0) is 41.6. The van der Waals surface area contributed by atoms with Crippen LogP contribution in [0.1, 0.15) is 70.9 Å². The summed E-state index contributed by atoms with van der Waals surface area (Å²) in [5.41, 5.74) is 6.63. The molecule has 4 atom stereocenters. The predicted octanol–water partition coefficient (Wildman–Crippen LogP) is 4.40. The summed E-state index contributed by atoms with van der Waals surface area (Å²) < 4.78 is 40.7. The first-order chi connectivity index (χ1) is 29.6. The van der Waals surface area contributed by atoms with E-state index in [-0.39, 0.29) is 29.9 Å². The number of para-hydroxylation sites is 1. The summed E-state index contributed by atoms with van der Waals surface area (Å²) in [4.78, 5) is 61.2. The van der Waals surface area contributed by atoms with Gasteiger partial charge in [-0.2, -0.15) is 0 Å². The molecule has 2 aromatic heterocycles. The fraction of sp³-hybridized carbons (Fsp3) is 0.489. The van der Waals surface area contributed by atoms with Gasteiger partial charge in [-0.1, -0.05) is 24.8 Å². The summed E-state index contributed by atoms with van der Waals surface area (Å²) in [6.07, 6.45) is 4.89. The Kier molecular flexibility index (Phi) is 9.29. The minimum Gasteiger partial charge on any atom is -0.489 e. The van der Waals surface area contributed by atoms with Gasteiger partial charge in [0.05, 0.1) is 36.5 Å². The van der Waals surface area contributed by atoms with E-state index in [2.05, 4.69) is 43.7 Å². The number of piperazine rings is 1. The molecule has 2 aromatic carbocycles. The molecule has 11 rings (SSSR count). The summed E-state index contributed by atoms with van der Waals surface area (Å²) >= 11 is 0. The van der Waals surface area contributed by atoms with E-state index in [1.807, 2.05) is 24.3 Å². The Morgan fingerprint density at radius 1 is 1.00 bits per heavy atom. The number of piperidine rings is 2. The Balaban J connectivity index is 0.703. The highest BCUT2D eigenvalue weighted by Crippen LogP contribution is 2.44. The Hall–Kier alpha value is -5.61. The number of hydrogen-bond acceptors (Lipinski definition) is 11. The Morgan fingerprint density at radius 2 is 1.82 bits per heavy atom. The van der Waals surface area contributed by atoms with E-state index in [9.17, 15) is 23.2 Å². The molecule has 9 heterocycles. The summed E-state index contributed by atoms with van der Waals surface area (Å²) in [5, 5.41) is 3.46. The number of carbonyl (C=O) groups is 3. The lowest BCUT2D eigenvalue weighted by Gasteiger charge is -2.46. The number of ether oxygens (including phenoxy) is 2. The number of nitrogens with zero attached hydrogens (tertiary/aromatic N) is 7. The number of fused-ring (bicyclic) bond motifs is 7. The van der Waals surface area contributed by atoms with Gasteiger partial charge in [0.1, 0.15) is 18.4 Å². The molecule has 0 unspecified atom stereocenters. The molecule has 7 aliphatic rings. The van der Waals surface area contributed by atoms with E-state index in [1.165, 1.54) is 0 Å². The number of aromatic amines is 1. The average molecular weight is 834 g/mol. The van der Waals surface area contributed by atoms with Gasteiger partial charge in [-0.25, -0.2) is 18.7 Å². The van der Waals surface area contributed by atoms with Crippen LogP contribution in [0.2, 0.25) is 0 Å². The van der Waals surface area contributed by atoms with Crippen LogP contribution in [0.3, 0.4) is 0 Å². The van der Waals surface area contributed by atoms with Gasteiger partial charge in [0.2, 0.25) is 17.8 Å². The van der Waals surface area contributed by atoms with Crippen molar-refractivity contribution in [2.45, 2.75) is 75.2 Å². The van der Waals surface area contributed by atoms with E-state index < -0.39 is 31.0 Å². The standard InChI is InChI=1S/C45H49F2N9O5/c1-26-14-33-31-4-2-3-5-34(31)50-40(33)41(55(26)23-38(46)47)29-18-48-44(49-19-29)53-10-8-45(9-11-53)17-27(24-61-45)20-52-12-13-54-30(22-52)25-60-37-16-32-28(15-36(37)54)21-56(43(32)59)35-6-7-39(57)51-42(35)58/h2-5,15-16,18-19,27,30,35,38,41,50H,1,6-14,17,20-25H2,(H,51,57,58)/t27-,30-,35+,41-/m0/s1. The summed E-state index contributed by atoms with van der Waals surface area (Å²) in [6.45, 7) is 10.5. The molecule has 16 heteroatoms. The van der Waals surface area contributed by atoms with E-state index in [1.54, 1.807) is 22.2 Å². The van der Waals surface area contributed by atoms with Crippen molar-refractivity contribution >= 4 is 40.3 Å². The monoisotopic (exact) mass is 833 g/mol. The first kappa shape index (κ1) is 38.3. The molecule has 0 aliphatic carbocycles. The van der Waals surface area contributed by atoms with Crippen molar-refractivity contribution in [3.8, 4) is 5.75 Å². The van der Waals surface area contributed by atoms with Crippen molar-refractivity contribution in [1.29, 1.82) is 0 Å². The lowest BCUT2D eigenvalue weighted by molar-refractivity contribution is -0.136. The van der Waals surface area contributed by atoms with Crippen molar-refractivity contribution in [3.63, 3.8) is 0 Å². The van der Waals surface area contributed by atoms with Gasteiger partial charge < -0.3 is 34.1 Å². The van der Waals surface area contributed by atoms with Crippen molar-refractivity contribution in [2.24, 2.45) is 5.92 Å². The van der Waals surface area contributed by atoms with E-state index >= 15 is 0 Å². The highest BCUT2D eigenvalue weighted by molar-refractivity contribution is 6.06. The smallest absolute Gasteiger partial charge is 0.255 e. The zero-order valence-electron chi connectivity index (χ0n) is 34.0. The van der Waals surface area contributed by atoms with Crippen molar-refractivity contribution in [2.75, 3.05) is 68.8 Å². The molecular weight excluding hydrogens is 785 g/mol. The number of hydrogen-bond donors (Lipinski definition) is 2. The number of carbonyl (C=O) groups excluding carboxylic acids is 3. The van der Waals surface area contributed by atoms with Crippen LogP contribution in [0.15, 0.2) is 61.1 Å². The highest BCUT2D eigenvalue weighted by atomic mass is 19.3. The summed E-state index contributed by atoms with van der Waals surface area (Å²) in [5.74, 6) is 0.869. The molecule has 1 spiro atoms. The summed E-state index contributed by atoms with van der Waals surface area (Å²) in [6, 6.07) is 11.0. The van der Waals surface area contributed by atoms with Crippen molar-refractivity contribution < 1.29 is 32.6 Å². The molecule has 0 radical (unpaired) electrons. The van der Waals surface area contributed by atoms with Crippen molar-refractivity contribution in [1.82, 2.24) is 35.0 Å². The molecule has 4 fully saturated rings. The SMILES string of the molecule is C=C1Cc2c([nH]c3ccccc23)[C@H](c2cnc(N3CCC4(CC3)C[C@@H](CN3CCN5c6cc7c(cc6OC[C@@H]5C3)C(=O)N([C@@H]3CCC(=O)NC3=O)C7)CO4)nc2)N1CC(F)F. The van der Waals surface area contributed by atoms with Gasteiger partial charge in [0, 0.05) is 104 Å². The lowest BCUT2D eigenvalue weighted by Crippen LogP contribution is -2.58. The number of aromatic nitrogens is 3. The van der Waals surface area contributed by atoms with Gasteiger partial charge in [-0.05, 0) is 60.9 Å². The Morgan fingerprint density at radius 3 is 2.62 bits per heavy atom. The minimum atomic E-state index is -2.51. The van der Waals surface area contributed by atoms with Crippen LogP contribution < -0.4 is 19.9 Å². The second kappa shape index (κ2) is 14.8. The molecule has 0 bridgehead atoms. The van der Waals surface area contributed by atoms with Crippen LogP contribution in [0, 0.1) is 5.92 Å². The van der Waals surface area contributed by atoms with Crippen LogP contribution in [0.4, 0.5) is 20.4 Å². The number of H-pyrrole nitrogens is 1. The number of imide groups is 1. The molecule has 4 saturated heterocycles. The molecule has 14 nitrogen and oxygen atoms in total. The molecule has 0 saturated carbocycles.